The second-order valence-electron chi connectivity index (χ2n) is 3.34. The summed E-state index contributed by atoms with van der Waals surface area (Å²) in [6.45, 7) is 0. The first kappa shape index (κ1) is 12.0. The molecule has 0 saturated heterocycles. The van der Waals surface area contributed by atoms with Crippen LogP contribution < -0.4 is 5.56 Å². The Labute approximate surface area is 107 Å². The Morgan fingerprint density at radius 2 is 2.12 bits per heavy atom. The van der Waals surface area contributed by atoms with Crippen molar-refractivity contribution in [1.82, 2.24) is 9.78 Å². The quantitative estimate of drug-likeness (QED) is 0.853. The van der Waals surface area contributed by atoms with Crippen LogP contribution in [0.15, 0.2) is 35.1 Å². The highest BCUT2D eigenvalue weighted by atomic mass is 35.5. The van der Waals surface area contributed by atoms with Gasteiger partial charge in [-0.2, -0.15) is 9.78 Å². The van der Waals surface area contributed by atoms with E-state index in [-0.39, 0.29) is 17.3 Å². The van der Waals surface area contributed by atoms with E-state index in [1.165, 1.54) is 0 Å². The predicted octanol–water partition coefficient (Wildman–Crippen LogP) is 2.33. The Kier molecular flexibility index (Phi) is 3.36. The molecule has 1 N–H and O–H groups in total. The number of hydrogen-bond acceptors (Lipinski definition) is 3. The molecule has 1 aromatic carbocycles. The van der Waals surface area contributed by atoms with Gasteiger partial charge in [0.2, 0.25) is 0 Å². The summed E-state index contributed by atoms with van der Waals surface area (Å²) in [4.78, 5) is 11.7. The average molecular weight is 271 g/mol. The summed E-state index contributed by atoms with van der Waals surface area (Å²) in [6, 6.07) is 7.77. The maximum Gasteiger partial charge on any atom is 0.275 e. The molecule has 0 bridgehead atoms. The molecule has 2 rings (SSSR count). The van der Waals surface area contributed by atoms with E-state index in [1.807, 2.05) is 0 Å². The molecule has 0 atom stereocenters. The molecule has 1 aromatic heterocycles. The lowest BCUT2D eigenvalue weighted by Gasteiger charge is -2.07. The minimum Gasteiger partial charge on any atom is -0.506 e. The van der Waals surface area contributed by atoms with E-state index in [4.69, 9.17) is 23.2 Å². The number of aromatic hydroxyl groups is 1. The molecule has 0 aliphatic carbocycles. The van der Waals surface area contributed by atoms with Crippen molar-refractivity contribution >= 4 is 23.2 Å². The van der Waals surface area contributed by atoms with Crippen LogP contribution in [0.2, 0.25) is 5.02 Å². The first-order valence-corrected chi connectivity index (χ1v) is 5.67. The van der Waals surface area contributed by atoms with Crippen LogP contribution in [-0.4, -0.2) is 14.9 Å². The van der Waals surface area contributed by atoms with Gasteiger partial charge in [-0.05, 0) is 18.2 Å². The zero-order valence-electron chi connectivity index (χ0n) is 8.60. The zero-order valence-corrected chi connectivity index (χ0v) is 10.1. The Morgan fingerprint density at radius 1 is 1.35 bits per heavy atom. The van der Waals surface area contributed by atoms with Gasteiger partial charge in [-0.15, -0.1) is 11.6 Å². The van der Waals surface area contributed by atoms with Crippen LogP contribution in [0.3, 0.4) is 0 Å². The molecule has 0 amide bonds. The lowest BCUT2D eigenvalue weighted by molar-refractivity contribution is 0.460. The number of rotatable bonds is 2. The Balaban J connectivity index is 2.63. The molecule has 0 radical (unpaired) electrons. The van der Waals surface area contributed by atoms with Gasteiger partial charge in [0.1, 0.15) is 11.4 Å². The number of aromatic nitrogens is 2. The predicted molar refractivity (Wildman–Crippen MR) is 66.1 cm³/mol. The van der Waals surface area contributed by atoms with Gasteiger partial charge in [0.05, 0.1) is 11.6 Å². The van der Waals surface area contributed by atoms with Gasteiger partial charge in [-0.1, -0.05) is 17.7 Å². The van der Waals surface area contributed by atoms with Crippen molar-refractivity contribution in [2.45, 2.75) is 5.88 Å². The van der Waals surface area contributed by atoms with E-state index in [0.29, 0.717) is 10.7 Å². The number of alkyl halides is 1. The van der Waals surface area contributed by atoms with Gasteiger partial charge >= 0.3 is 0 Å². The molecular weight excluding hydrogens is 263 g/mol. The third-order valence-corrected chi connectivity index (χ3v) is 2.65. The van der Waals surface area contributed by atoms with Crippen molar-refractivity contribution in [2.24, 2.45) is 0 Å². The van der Waals surface area contributed by atoms with Crippen LogP contribution in [0.4, 0.5) is 0 Å². The third-order valence-electron chi connectivity index (χ3n) is 2.16. The SMILES string of the molecule is O=c1cc(O)c(CCl)nn1-c1cccc(Cl)c1. The first-order chi connectivity index (χ1) is 8.11. The fraction of sp³-hybridized carbons (Fsp3) is 0.0909. The molecule has 0 aliphatic heterocycles. The minimum atomic E-state index is -0.446. The average Bonchev–Trinajstić information content (AvgIpc) is 2.29. The molecule has 2 aromatic rings. The van der Waals surface area contributed by atoms with Crippen molar-refractivity contribution in [1.29, 1.82) is 0 Å². The van der Waals surface area contributed by atoms with Gasteiger partial charge < -0.3 is 5.11 Å². The summed E-state index contributed by atoms with van der Waals surface area (Å²) < 4.78 is 1.14. The largest absolute Gasteiger partial charge is 0.506 e. The Hall–Kier alpha value is -1.52. The van der Waals surface area contributed by atoms with E-state index in [9.17, 15) is 9.90 Å². The van der Waals surface area contributed by atoms with Gasteiger partial charge in [-0.25, -0.2) is 0 Å². The number of hydrogen-bond donors (Lipinski definition) is 1. The molecule has 0 fully saturated rings. The highest BCUT2D eigenvalue weighted by Crippen LogP contribution is 2.16. The van der Waals surface area contributed by atoms with Gasteiger partial charge in [-0.3, -0.25) is 4.79 Å². The molecule has 4 nitrogen and oxygen atoms in total. The second kappa shape index (κ2) is 4.77. The summed E-state index contributed by atoms with van der Waals surface area (Å²) in [5, 5.41) is 13.9. The van der Waals surface area contributed by atoms with E-state index in [1.54, 1.807) is 24.3 Å². The summed E-state index contributed by atoms with van der Waals surface area (Å²) in [5.41, 5.74) is 0.318. The third kappa shape index (κ3) is 2.43. The molecule has 0 aliphatic rings. The topological polar surface area (TPSA) is 55.1 Å². The molecule has 88 valence electrons. The van der Waals surface area contributed by atoms with Crippen LogP contribution in [0, 0.1) is 0 Å². The molecule has 1 heterocycles. The molecule has 6 heteroatoms. The normalized spacial score (nSPS) is 10.5. The van der Waals surface area contributed by atoms with E-state index in [2.05, 4.69) is 5.10 Å². The maximum atomic E-state index is 11.7. The van der Waals surface area contributed by atoms with Gasteiger partial charge in [0.25, 0.3) is 5.56 Å². The Bertz CT molecular complexity index is 611. The molecule has 0 saturated carbocycles. The van der Waals surface area contributed by atoms with Crippen LogP contribution in [0.1, 0.15) is 5.69 Å². The van der Waals surface area contributed by atoms with Crippen LogP contribution >= 0.6 is 23.2 Å². The van der Waals surface area contributed by atoms with Crippen molar-refractivity contribution in [3.63, 3.8) is 0 Å². The lowest BCUT2D eigenvalue weighted by Crippen LogP contribution is -2.21. The molecule has 0 spiro atoms. The number of nitrogens with zero attached hydrogens (tertiary/aromatic N) is 2. The summed E-state index contributed by atoms with van der Waals surface area (Å²) in [5.74, 6) is -0.185. The highest BCUT2D eigenvalue weighted by molar-refractivity contribution is 6.30. The van der Waals surface area contributed by atoms with E-state index in [0.717, 1.165) is 10.7 Å². The smallest absolute Gasteiger partial charge is 0.275 e. The van der Waals surface area contributed by atoms with Crippen LogP contribution in [0.25, 0.3) is 5.69 Å². The van der Waals surface area contributed by atoms with Crippen molar-refractivity contribution in [3.8, 4) is 11.4 Å². The fourth-order valence-corrected chi connectivity index (χ4v) is 1.75. The standard InChI is InChI=1S/C11H8Cl2N2O2/c12-6-9-10(16)5-11(17)15(14-9)8-3-1-2-7(13)4-8/h1-5,16H,6H2. The minimum absolute atomic E-state index is 0.0205. The monoisotopic (exact) mass is 270 g/mol. The number of benzene rings is 1. The first-order valence-electron chi connectivity index (χ1n) is 4.76. The molecular formula is C11H8Cl2N2O2. The number of halogens is 2. The summed E-state index contributed by atoms with van der Waals surface area (Å²) >= 11 is 11.4. The fourth-order valence-electron chi connectivity index (χ4n) is 1.37. The molecule has 0 unspecified atom stereocenters. The van der Waals surface area contributed by atoms with Gasteiger partial charge in [0.15, 0.2) is 0 Å². The lowest BCUT2D eigenvalue weighted by atomic mass is 10.3. The van der Waals surface area contributed by atoms with Crippen LogP contribution in [-0.2, 0) is 5.88 Å². The van der Waals surface area contributed by atoms with Gasteiger partial charge in [0, 0.05) is 11.1 Å². The summed E-state index contributed by atoms with van der Waals surface area (Å²) in [7, 11) is 0. The Morgan fingerprint density at radius 3 is 2.76 bits per heavy atom. The summed E-state index contributed by atoms with van der Waals surface area (Å²) in [6.07, 6.45) is 0. The second-order valence-corrected chi connectivity index (χ2v) is 4.04. The maximum absolute atomic E-state index is 11.7. The zero-order chi connectivity index (χ0) is 12.4. The van der Waals surface area contributed by atoms with Crippen molar-refractivity contribution in [2.75, 3.05) is 0 Å². The highest BCUT2D eigenvalue weighted by Gasteiger charge is 2.08. The van der Waals surface area contributed by atoms with Crippen molar-refractivity contribution in [3.05, 3.63) is 51.4 Å². The van der Waals surface area contributed by atoms with E-state index < -0.39 is 5.56 Å². The van der Waals surface area contributed by atoms with Crippen molar-refractivity contribution < 1.29 is 5.11 Å². The molecule has 17 heavy (non-hydrogen) atoms. The van der Waals surface area contributed by atoms with Crippen LogP contribution in [0.5, 0.6) is 5.75 Å². The van der Waals surface area contributed by atoms with E-state index >= 15 is 0 Å².